The van der Waals surface area contributed by atoms with Crippen molar-refractivity contribution < 1.29 is 19.0 Å². The molecule has 0 unspecified atom stereocenters. The number of anilines is 1. The van der Waals surface area contributed by atoms with Crippen LogP contribution in [0.1, 0.15) is 16.8 Å². The zero-order valence-corrected chi connectivity index (χ0v) is 14.6. The number of aromatic nitrogens is 4. The Morgan fingerprint density at radius 1 is 1.15 bits per heavy atom. The second kappa shape index (κ2) is 7.32. The van der Waals surface area contributed by atoms with E-state index in [1.165, 1.54) is 11.0 Å². The first-order chi connectivity index (χ1) is 13.2. The van der Waals surface area contributed by atoms with Gasteiger partial charge in [0.05, 0.1) is 20.3 Å². The minimum absolute atomic E-state index is 0.265. The van der Waals surface area contributed by atoms with Gasteiger partial charge in [-0.2, -0.15) is 4.68 Å². The molecule has 3 aromatic rings. The lowest BCUT2D eigenvalue weighted by Crippen LogP contribution is -2.12. The van der Waals surface area contributed by atoms with E-state index < -0.39 is 0 Å². The summed E-state index contributed by atoms with van der Waals surface area (Å²) >= 11 is 0. The largest absolute Gasteiger partial charge is 0.494 e. The molecule has 9 nitrogen and oxygen atoms in total. The van der Waals surface area contributed by atoms with Gasteiger partial charge in [0.1, 0.15) is 17.8 Å². The van der Waals surface area contributed by atoms with E-state index in [0.717, 1.165) is 6.42 Å². The topological polar surface area (TPSA) is 100 Å². The van der Waals surface area contributed by atoms with Crippen molar-refractivity contribution in [1.82, 2.24) is 20.2 Å². The predicted octanol–water partition coefficient (Wildman–Crippen LogP) is 2.08. The van der Waals surface area contributed by atoms with E-state index in [1.54, 1.807) is 43.5 Å². The Hall–Kier alpha value is -3.62. The van der Waals surface area contributed by atoms with E-state index >= 15 is 0 Å². The van der Waals surface area contributed by atoms with Crippen molar-refractivity contribution in [3.63, 3.8) is 0 Å². The molecule has 1 aromatic heterocycles. The number of carbonyl (C=O) groups excluding carboxylic acids is 1. The molecule has 0 aliphatic carbocycles. The third-order valence-corrected chi connectivity index (χ3v) is 4.04. The smallest absolute Gasteiger partial charge is 0.255 e. The molecule has 0 bridgehead atoms. The van der Waals surface area contributed by atoms with Gasteiger partial charge in [0, 0.05) is 17.7 Å². The SMILES string of the molecule is COc1ccc(NC(=O)c2ccc3c(c2)OCCCO3)cc1-n1cnnn1. The maximum atomic E-state index is 12.7. The first-order valence-corrected chi connectivity index (χ1v) is 8.37. The van der Waals surface area contributed by atoms with E-state index in [-0.39, 0.29) is 5.91 Å². The highest BCUT2D eigenvalue weighted by Crippen LogP contribution is 2.31. The van der Waals surface area contributed by atoms with E-state index in [0.29, 0.717) is 47.4 Å². The summed E-state index contributed by atoms with van der Waals surface area (Å²) < 4.78 is 18.0. The number of hydrogen-bond acceptors (Lipinski definition) is 7. The minimum atomic E-state index is -0.265. The van der Waals surface area contributed by atoms with Crippen LogP contribution >= 0.6 is 0 Å². The lowest BCUT2D eigenvalue weighted by Gasteiger charge is -2.12. The number of nitrogens with zero attached hydrogens (tertiary/aromatic N) is 4. The van der Waals surface area contributed by atoms with Crippen molar-refractivity contribution in [2.45, 2.75) is 6.42 Å². The second-order valence-electron chi connectivity index (χ2n) is 5.81. The summed E-state index contributed by atoms with van der Waals surface area (Å²) in [6.07, 6.45) is 2.26. The summed E-state index contributed by atoms with van der Waals surface area (Å²) in [4.78, 5) is 12.7. The number of amides is 1. The number of methoxy groups -OCH3 is 1. The first kappa shape index (κ1) is 16.8. The summed E-state index contributed by atoms with van der Waals surface area (Å²) in [5, 5.41) is 14.0. The van der Waals surface area contributed by atoms with E-state index in [4.69, 9.17) is 14.2 Å². The fourth-order valence-electron chi connectivity index (χ4n) is 2.73. The molecule has 1 N–H and O–H groups in total. The van der Waals surface area contributed by atoms with Gasteiger partial charge < -0.3 is 19.5 Å². The number of rotatable bonds is 4. The molecule has 0 fully saturated rings. The second-order valence-corrected chi connectivity index (χ2v) is 5.81. The molecule has 138 valence electrons. The monoisotopic (exact) mass is 367 g/mol. The molecule has 1 aliphatic rings. The summed E-state index contributed by atoms with van der Waals surface area (Å²) in [6.45, 7) is 1.16. The lowest BCUT2D eigenvalue weighted by molar-refractivity contribution is 0.102. The van der Waals surface area contributed by atoms with Crippen molar-refractivity contribution in [3.05, 3.63) is 48.3 Å². The number of carbonyl (C=O) groups is 1. The van der Waals surface area contributed by atoms with Crippen LogP contribution in [0.5, 0.6) is 17.2 Å². The molecule has 1 amide bonds. The van der Waals surface area contributed by atoms with E-state index in [9.17, 15) is 4.79 Å². The number of fused-ring (bicyclic) bond motifs is 1. The van der Waals surface area contributed by atoms with Gasteiger partial charge in [-0.05, 0) is 46.8 Å². The van der Waals surface area contributed by atoms with Crippen molar-refractivity contribution in [2.24, 2.45) is 0 Å². The fourth-order valence-corrected chi connectivity index (χ4v) is 2.73. The molecule has 0 radical (unpaired) electrons. The van der Waals surface area contributed by atoms with Crippen LogP contribution in [-0.2, 0) is 0 Å². The van der Waals surface area contributed by atoms with E-state index in [2.05, 4.69) is 20.8 Å². The highest BCUT2D eigenvalue weighted by atomic mass is 16.5. The van der Waals surface area contributed by atoms with Crippen LogP contribution in [0.3, 0.4) is 0 Å². The van der Waals surface area contributed by atoms with Crippen LogP contribution in [0.25, 0.3) is 5.69 Å². The quantitative estimate of drug-likeness (QED) is 0.753. The van der Waals surface area contributed by atoms with Crippen LogP contribution in [0.15, 0.2) is 42.7 Å². The Morgan fingerprint density at radius 3 is 2.78 bits per heavy atom. The van der Waals surface area contributed by atoms with Gasteiger partial charge in [-0.25, -0.2) is 0 Å². The number of ether oxygens (including phenoxy) is 3. The van der Waals surface area contributed by atoms with Gasteiger partial charge in [0.15, 0.2) is 11.5 Å². The summed E-state index contributed by atoms with van der Waals surface area (Å²) in [6, 6.07) is 10.3. The number of hydrogen-bond donors (Lipinski definition) is 1. The van der Waals surface area contributed by atoms with Gasteiger partial charge >= 0.3 is 0 Å². The summed E-state index contributed by atoms with van der Waals surface area (Å²) in [5.41, 5.74) is 1.66. The molecule has 0 saturated heterocycles. The standard InChI is InChI=1S/C18H17N5O4/c1-25-15-6-4-13(10-14(15)23-11-19-21-22-23)20-18(24)12-3-5-16-17(9-12)27-8-2-7-26-16/h3-6,9-11H,2,7-8H2,1H3,(H,20,24). The Balaban J connectivity index is 1.58. The third-order valence-electron chi connectivity index (χ3n) is 4.04. The molecule has 2 aromatic carbocycles. The summed E-state index contributed by atoms with van der Waals surface area (Å²) in [5.74, 6) is 1.54. The minimum Gasteiger partial charge on any atom is -0.494 e. The Bertz CT molecular complexity index is 958. The maximum absolute atomic E-state index is 12.7. The maximum Gasteiger partial charge on any atom is 0.255 e. The Kier molecular flexibility index (Phi) is 4.56. The third kappa shape index (κ3) is 3.52. The van der Waals surface area contributed by atoms with Crippen LogP contribution in [0.4, 0.5) is 5.69 Å². The van der Waals surface area contributed by atoms with Crippen molar-refractivity contribution in [2.75, 3.05) is 25.6 Å². The summed E-state index contributed by atoms with van der Waals surface area (Å²) in [7, 11) is 1.55. The molecular formula is C18H17N5O4. The van der Waals surface area contributed by atoms with Crippen LogP contribution in [0.2, 0.25) is 0 Å². The molecule has 2 heterocycles. The molecule has 0 atom stereocenters. The highest BCUT2D eigenvalue weighted by molar-refractivity contribution is 6.04. The molecule has 0 spiro atoms. The Morgan fingerprint density at radius 2 is 2.00 bits per heavy atom. The normalized spacial score (nSPS) is 12.9. The fraction of sp³-hybridized carbons (Fsp3) is 0.222. The van der Waals surface area contributed by atoms with Gasteiger partial charge in [0.2, 0.25) is 0 Å². The first-order valence-electron chi connectivity index (χ1n) is 8.37. The number of benzene rings is 2. The number of tetrazole rings is 1. The molecule has 0 saturated carbocycles. The van der Waals surface area contributed by atoms with E-state index in [1.807, 2.05) is 0 Å². The lowest BCUT2D eigenvalue weighted by atomic mass is 10.1. The van der Waals surface area contributed by atoms with Crippen molar-refractivity contribution in [1.29, 1.82) is 0 Å². The van der Waals surface area contributed by atoms with Gasteiger partial charge in [-0.15, -0.1) is 5.10 Å². The molecule has 1 aliphatic heterocycles. The van der Waals surface area contributed by atoms with Crippen LogP contribution in [-0.4, -0.2) is 46.4 Å². The highest BCUT2D eigenvalue weighted by Gasteiger charge is 2.15. The molecule has 9 heteroatoms. The average Bonchev–Trinajstić information content (AvgIpc) is 3.13. The molecule has 4 rings (SSSR count). The van der Waals surface area contributed by atoms with Crippen molar-refractivity contribution in [3.8, 4) is 22.9 Å². The molecular weight excluding hydrogens is 350 g/mol. The van der Waals surface area contributed by atoms with Crippen LogP contribution in [0, 0.1) is 0 Å². The average molecular weight is 367 g/mol. The van der Waals surface area contributed by atoms with Crippen molar-refractivity contribution >= 4 is 11.6 Å². The van der Waals surface area contributed by atoms with Crippen LogP contribution < -0.4 is 19.5 Å². The zero-order valence-electron chi connectivity index (χ0n) is 14.6. The van der Waals surface area contributed by atoms with Gasteiger partial charge in [-0.1, -0.05) is 0 Å². The van der Waals surface area contributed by atoms with Gasteiger partial charge in [-0.3, -0.25) is 4.79 Å². The Labute approximate surface area is 154 Å². The molecule has 27 heavy (non-hydrogen) atoms. The predicted molar refractivity (Wildman–Crippen MR) is 95.7 cm³/mol. The number of nitrogens with one attached hydrogen (secondary N) is 1. The van der Waals surface area contributed by atoms with Gasteiger partial charge in [0.25, 0.3) is 5.91 Å². The zero-order chi connectivity index (χ0) is 18.6.